The van der Waals surface area contributed by atoms with Crippen molar-refractivity contribution in [2.45, 2.75) is 25.8 Å². The molecule has 0 aromatic heterocycles. The molecule has 1 atom stereocenters. The summed E-state index contributed by atoms with van der Waals surface area (Å²) < 4.78 is 5.94. The monoisotopic (exact) mass is 253 g/mol. The third kappa shape index (κ3) is 3.07. The molecule has 98 valence electrons. The summed E-state index contributed by atoms with van der Waals surface area (Å²) in [5, 5.41) is 2.27. The van der Waals surface area contributed by atoms with E-state index in [4.69, 9.17) is 16.9 Å². The number of benzene rings is 2. The number of ether oxygens (including phenoxy) is 1. The highest BCUT2D eigenvalue weighted by Crippen LogP contribution is 2.33. The van der Waals surface area contributed by atoms with Gasteiger partial charge in [0.25, 0.3) is 0 Å². The quantitative estimate of drug-likeness (QED) is 0.652. The predicted octanol–water partition coefficient (Wildman–Crippen LogP) is 3.65. The zero-order valence-electron chi connectivity index (χ0n) is 11.2. The molecule has 0 radical (unpaired) electrons. The lowest BCUT2D eigenvalue weighted by Gasteiger charge is -2.16. The van der Waals surface area contributed by atoms with Crippen LogP contribution in [0.3, 0.4) is 0 Å². The van der Waals surface area contributed by atoms with E-state index in [-0.39, 0.29) is 6.04 Å². The van der Waals surface area contributed by atoms with Crippen molar-refractivity contribution < 1.29 is 4.74 Å². The number of nitrogens with two attached hydrogens (primary N) is 1. The molecule has 0 amide bonds. The molecular weight excluding hydrogens is 234 g/mol. The lowest BCUT2D eigenvalue weighted by Crippen LogP contribution is -2.09. The van der Waals surface area contributed by atoms with E-state index in [0.29, 0.717) is 6.61 Å². The highest BCUT2D eigenvalue weighted by Gasteiger charge is 2.11. The first kappa shape index (κ1) is 13.5. The van der Waals surface area contributed by atoms with Crippen molar-refractivity contribution in [3.8, 4) is 18.1 Å². The van der Waals surface area contributed by atoms with Crippen LogP contribution in [-0.4, -0.2) is 6.61 Å². The predicted molar refractivity (Wildman–Crippen MR) is 80.1 cm³/mol. The van der Waals surface area contributed by atoms with Gasteiger partial charge in [0.1, 0.15) is 5.75 Å². The van der Waals surface area contributed by atoms with E-state index in [1.807, 2.05) is 25.1 Å². The normalized spacial score (nSPS) is 12.1. The Bertz CT molecular complexity index is 596. The number of hydrogen-bond acceptors (Lipinski definition) is 2. The number of terminal acetylenes is 1. The van der Waals surface area contributed by atoms with E-state index < -0.39 is 0 Å². The van der Waals surface area contributed by atoms with Crippen LogP contribution in [0.1, 0.15) is 31.4 Å². The van der Waals surface area contributed by atoms with Crippen molar-refractivity contribution in [2.75, 3.05) is 6.61 Å². The van der Waals surface area contributed by atoms with Gasteiger partial charge < -0.3 is 10.5 Å². The second-order valence-corrected chi connectivity index (χ2v) is 4.65. The Balaban J connectivity index is 2.36. The maximum Gasteiger partial charge on any atom is 0.131 e. The summed E-state index contributed by atoms with van der Waals surface area (Å²) in [7, 11) is 0. The fourth-order valence-electron chi connectivity index (χ4n) is 2.13. The van der Waals surface area contributed by atoms with Gasteiger partial charge in [-0.3, -0.25) is 0 Å². The lowest BCUT2D eigenvalue weighted by atomic mass is 10.0. The van der Waals surface area contributed by atoms with Crippen LogP contribution in [0.4, 0.5) is 0 Å². The average molecular weight is 253 g/mol. The SMILES string of the molecule is C#CCCCOc1c([C@H](C)N)ccc2ccccc12. The number of rotatable bonds is 5. The molecular formula is C17H19NO. The first-order valence-electron chi connectivity index (χ1n) is 6.57. The maximum absolute atomic E-state index is 6.02. The fraction of sp³-hybridized carbons (Fsp3) is 0.294. The van der Waals surface area contributed by atoms with Crippen molar-refractivity contribution in [3.05, 3.63) is 42.0 Å². The molecule has 0 fully saturated rings. The summed E-state index contributed by atoms with van der Waals surface area (Å²) in [6.45, 7) is 2.59. The van der Waals surface area contributed by atoms with Crippen LogP contribution < -0.4 is 10.5 Å². The third-order valence-corrected chi connectivity index (χ3v) is 3.11. The van der Waals surface area contributed by atoms with Gasteiger partial charge in [0, 0.05) is 23.4 Å². The van der Waals surface area contributed by atoms with Crippen molar-refractivity contribution >= 4 is 10.8 Å². The van der Waals surface area contributed by atoms with Crippen molar-refractivity contribution in [2.24, 2.45) is 5.73 Å². The molecule has 19 heavy (non-hydrogen) atoms. The zero-order valence-corrected chi connectivity index (χ0v) is 11.2. The molecule has 0 saturated heterocycles. The number of fused-ring (bicyclic) bond motifs is 1. The maximum atomic E-state index is 6.02. The van der Waals surface area contributed by atoms with Crippen LogP contribution in [0.2, 0.25) is 0 Å². The zero-order chi connectivity index (χ0) is 13.7. The molecule has 2 heteroatoms. The Labute approximate surface area is 114 Å². The van der Waals surface area contributed by atoms with Gasteiger partial charge in [-0.1, -0.05) is 36.4 Å². The van der Waals surface area contributed by atoms with Gasteiger partial charge in [-0.05, 0) is 18.7 Å². The molecule has 2 N–H and O–H groups in total. The summed E-state index contributed by atoms with van der Waals surface area (Å²) >= 11 is 0. The van der Waals surface area contributed by atoms with E-state index in [9.17, 15) is 0 Å². The van der Waals surface area contributed by atoms with E-state index in [1.165, 1.54) is 5.39 Å². The van der Waals surface area contributed by atoms with Gasteiger partial charge >= 0.3 is 0 Å². The van der Waals surface area contributed by atoms with Crippen molar-refractivity contribution in [1.29, 1.82) is 0 Å². The Kier molecular flexibility index (Phi) is 4.43. The van der Waals surface area contributed by atoms with E-state index in [1.54, 1.807) is 0 Å². The number of unbranched alkanes of at least 4 members (excludes halogenated alkanes) is 1. The molecule has 0 spiro atoms. The van der Waals surface area contributed by atoms with Gasteiger partial charge in [-0.15, -0.1) is 12.3 Å². The lowest BCUT2D eigenvalue weighted by molar-refractivity contribution is 0.312. The molecule has 2 aromatic carbocycles. The molecule has 0 aliphatic carbocycles. The van der Waals surface area contributed by atoms with Gasteiger partial charge in [-0.2, -0.15) is 0 Å². The highest BCUT2D eigenvalue weighted by atomic mass is 16.5. The first-order valence-corrected chi connectivity index (χ1v) is 6.57. The van der Waals surface area contributed by atoms with Crippen LogP contribution in [0.25, 0.3) is 10.8 Å². The minimum absolute atomic E-state index is 0.0489. The van der Waals surface area contributed by atoms with Crippen LogP contribution >= 0.6 is 0 Å². The molecule has 2 aromatic rings. The van der Waals surface area contributed by atoms with E-state index in [2.05, 4.69) is 24.1 Å². The Morgan fingerprint density at radius 2 is 2.05 bits per heavy atom. The third-order valence-electron chi connectivity index (χ3n) is 3.11. The van der Waals surface area contributed by atoms with Gasteiger partial charge in [0.05, 0.1) is 6.61 Å². The first-order chi connectivity index (χ1) is 9.24. The minimum Gasteiger partial charge on any atom is -0.493 e. The Hall–Kier alpha value is -1.98. The van der Waals surface area contributed by atoms with Crippen LogP contribution in [0.5, 0.6) is 5.75 Å². The average Bonchev–Trinajstić information content (AvgIpc) is 2.43. The molecule has 0 aliphatic heterocycles. The highest BCUT2D eigenvalue weighted by molar-refractivity contribution is 5.89. The summed E-state index contributed by atoms with van der Waals surface area (Å²) in [6.07, 6.45) is 6.84. The van der Waals surface area contributed by atoms with E-state index in [0.717, 1.165) is 29.5 Å². The molecule has 0 saturated carbocycles. The minimum atomic E-state index is -0.0489. The molecule has 2 nitrogen and oxygen atoms in total. The summed E-state index contributed by atoms with van der Waals surface area (Å²) in [5.41, 5.74) is 7.06. The Morgan fingerprint density at radius 1 is 1.26 bits per heavy atom. The summed E-state index contributed by atoms with van der Waals surface area (Å²) in [5.74, 6) is 3.52. The molecule has 0 aliphatic rings. The summed E-state index contributed by atoms with van der Waals surface area (Å²) in [6, 6.07) is 12.3. The Morgan fingerprint density at radius 3 is 2.79 bits per heavy atom. The topological polar surface area (TPSA) is 35.2 Å². The second kappa shape index (κ2) is 6.26. The van der Waals surface area contributed by atoms with Crippen LogP contribution in [0.15, 0.2) is 36.4 Å². The van der Waals surface area contributed by atoms with Gasteiger partial charge in [0.2, 0.25) is 0 Å². The van der Waals surface area contributed by atoms with Crippen LogP contribution in [-0.2, 0) is 0 Å². The van der Waals surface area contributed by atoms with E-state index >= 15 is 0 Å². The molecule has 0 bridgehead atoms. The van der Waals surface area contributed by atoms with Crippen molar-refractivity contribution in [3.63, 3.8) is 0 Å². The summed E-state index contributed by atoms with van der Waals surface area (Å²) in [4.78, 5) is 0. The number of hydrogen-bond donors (Lipinski definition) is 1. The molecule has 2 rings (SSSR count). The largest absolute Gasteiger partial charge is 0.493 e. The second-order valence-electron chi connectivity index (χ2n) is 4.65. The smallest absolute Gasteiger partial charge is 0.131 e. The molecule has 0 heterocycles. The van der Waals surface area contributed by atoms with Gasteiger partial charge in [0.15, 0.2) is 0 Å². The van der Waals surface area contributed by atoms with Crippen molar-refractivity contribution in [1.82, 2.24) is 0 Å². The van der Waals surface area contributed by atoms with Gasteiger partial charge in [-0.25, -0.2) is 0 Å². The van der Waals surface area contributed by atoms with Crippen LogP contribution in [0, 0.1) is 12.3 Å². The standard InChI is InChI=1S/C17H19NO/c1-3-4-7-12-19-17-15(13(2)18)11-10-14-8-5-6-9-16(14)17/h1,5-6,8-11,13H,4,7,12,18H2,2H3/t13-/m0/s1. The molecule has 0 unspecified atom stereocenters. The fourth-order valence-corrected chi connectivity index (χ4v) is 2.13.